The highest BCUT2D eigenvalue weighted by atomic mass is 16.4. The van der Waals surface area contributed by atoms with Crippen LogP contribution in [-0.2, 0) is 10.3 Å². The minimum atomic E-state index is -1.15. The minimum absolute atomic E-state index is 0.218. The van der Waals surface area contributed by atoms with Crippen molar-refractivity contribution in [2.45, 2.75) is 26.3 Å². The summed E-state index contributed by atoms with van der Waals surface area (Å²) in [6.45, 7) is 5.79. The Kier molecular flexibility index (Phi) is 3.93. The van der Waals surface area contributed by atoms with Gasteiger partial charge in [-0.05, 0) is 37.5 Å². The molecule has 0 spiro atoms. The zero-order valence-corrected chi connectivity index (χ0v) is 10.4. The van der Waals surface area contributed by atoms with Gasteiger partial charge in [0.2, 0.25) is 0 Å². The number of rotatable bonds is 4. The van der Waals surface area contributed by atoms with Crippen LogP contribution >= 0.6 is 0 Å². The molecule has 3 heteroatoms. The summed E-state index contributed by atoms with van der Waals surface area (Å²) >= 11 is 0. The van der Waals surface area contributed by atoms with Gasteiger partial charge in [-0.2, -0.15) is 0 Å². The van der Waals surface area contributed by atoms with Gasteiger partial charge in [-0.25, -0.2) is 4.79 Å². The van der Waals surface area contributed by atoms with Gasteiger partial charge in [0.15, 0.2) is 0 Å². The number of terminal acetylenes is 1. The topological polar surface area (TPSA) is 49.3 Å². The second-order valence-corrected chi connectivity index (χ2v) is 4.29. The lowest BCUT2D eigenvalue weighted by Gasteiger charge is -2.26. The summed E-state index contributed by atoms with van der Waals surface area (Å²) in [6, 6.07) is 5.62. The van der Waals surface area contributed by atoms with E-state index in [-0.39, 0.29) is 6.54 Å². The largest absolute Gasteiger partial charge is 0.480 e. The molecule has 0 aliphatic heterocycles. The summed E-state index contributed by atoms with van der Waals surface area (Å²) in [7, 11) is 0. The molecular formula is C14H17NO2. The molecule has 0 saturated heterocycles. The molecule has 0 aromatic heterocycles. The lowest BCUT2D eigenvalue weighted by Crippen LogP contribution is -2.46. The van der Waals surface area contributed by atoms with Crippen LogP contribution in [0.5, 0.6) is 0 Å². The van der Waals surface area contributed by atoms with Crippen LogP contribution in [0.4, 0.5) is 0 Å². The average molecular weight is 231 g/mol. The highest BCUT2D eigenvalue weighted by Gasteiger charge is 2.34. The van der Waals surface area contributed by atoms with E-state index in [1.807, 2.05) is 32.0 Å². The molecule has 17 heavy (non-hydrogen) atoms. The third-order valence-corrected chi connectivity index (χ3v) is 3.06. The summed E-state index contributed by atoms with van der Waals surface area (Å²) in [5, 5.41) is 12.2. The normalized spacial score (nSPS) is 13.8. The van der Waals surface area contributed by atoms with Crippen LogP contribution in [0.15, 0.2) is 18.2 Å². The molecule has 90 valence electrons. The first-order valence-corrected chi connectivity index (χ1v) is 5.41. The van der Waals surface area contributed by atoms with Gasteiger partial charge in [0.25, 0.3) is 0 Å². The number of aryl methyl sites for hydroxylation is 2. The molecule has 1 atom stereocenters. The molecule has 3 nitrogen and oxygen atoms in total. The Morgan fingerprint density at radius 3 is 2.59 bits per heavy atom. The number of hydrogen-bond donors (Lipinski definition) is 2. The van der Waals surface area contributed by atoms with Crippen LogP contribution < -0.4 is 5.32 Å². The van der Waals surface area contributed by atoms with E-state index in [4.69, 9.17) is 6.42 Å². The Labute approximate surface area is 102 Å². The Balaban J connectivity index is 3.18. The Hall–Kier alpha value is -1.79. The van der Waals surface area contributed by atoms with Gasteiger partial charge in [-0.15, -0.1) is 6.42 Å². The number of carboxylic acids is 1. The number of aliphatic carboxylic acids is 1. The van der Waals surface area contributed by atoms with Gasteiger partial charge in [0.1, 0.15) is 5.54 Å². The van der Waals surface area contributed by atoms with Crippen LogP contribution in [0.2, 0.25) is 0 Å². The number of nitrogens with one attached hydrogen (secondary N) is 1. The van der Waals surface area contributed by atoms with Crippen molar-refractivity contribution in [1.29, 1.82) is 0 Å². The molecule has 1 unspecified atom stereocenters. The number of hydrogen-bond acceptors (Lipinski definition) is 2. The molecule has 1 aromatic rings. The number of carboxylic acid groups (broad SMARTS) is 1. The Morgan fingerprint density at radius 2 is 2.12 bits per heavy atom. The molecule has 0 bridgehead atoms. The highest BCUT2D eigenvalue weighted by Crippen LogP contribution is 2.23. The van der Waals surface area contributed by atoms with E-state index in [0.29, 0.717) is 5.56 Å². The molecule has 0 saturated carbocycles. The van der Waals surface area contributed by atoms with Crippen LogP contribution in [0.3, 0.4) is 0 Å². The van der Waals surface area contributed by atoms with Crippen LogP contribution in [-0.4, -0.2) is 17.6 Å². The minimum Gasteiger partial charge on any atom is -0.480 e. The smallest absolute Gasteiger partial charge is 0.328 e. The van der Waals surface area contributed by atoms with E-state index in [2.05, 4.69) is 11.2 Å². The summed E-state index contributed by atoms with van der Waals surface area (Å²) in [5.41, 5.74) is 1.77. The van der Waals surface area contributed by atoms with Crippen molar-refractivity contribution in [3.05, 3.63) is 34.9 Å². The maximum Gasteiger partial charge on any atom is 0.328 e. The summed E-state index contributed by atoms with van der Waals surface area (Å²) in [5.74, 6) is 1.47. The van der Waals surface area contributed by atoms with E-state index >= 15 is 0 Å². The van der Waals surface area contributed by atoms with E-state index in [1.165, 1.54) is 0 Å². The van der Waals surface area contributed by atoms with Gasteiger partial charge >= 0.3 is 5.97 Å². The van der Waals surface area contributed by atoms with Crippen molar-refractivity contribution in [2.75, 3.05) is 6.54 Å². The van der Waals surface area contributed by atoms with Gasteiger partial charge in [0, 0.05) is 0 Å². The number of carbonyl (C=O) groups is 1. The van der Waals surface area contributed by atoms with Crippen LogP contribution in [0.25, 0.3) is 0 Å². The molecule has 0 heterocycles. The summed E-state index contributed by atoms with van der Waals surface area (Å²) in [6.07, 6.45) is 5.16. The molecule has 1 rings (SSSR count). The van der Waals surface area contributed by atoms with Gasteiger partial charge in [-0.3, -0.25) is 5.32 Å². The fourth-order valence-corrected chi connectivity index (χ4v) is 1.58. The molecule has 2 N–H and O–H groups in total. The lowest BCUT2D eigenvalue weighted by atomic mass is 9.89. The van der Waals surface area contributed by atoms with Crippen molar-refractivity contribution in [3.63, 3.8) is 0 Å². The van der Waals surface area contributed by atoms with Gasteiger partial charge < -0.3 is 5.11 Å². The first-order valence-electron chi connectivity index (χ1n) is 5.41. The SMILES string of the molecule is C#CCNC(C)(C(=O)O)c1ccc(C)c(C)c1. The van der Waals surface area contributed by atoms with E-state index in [9.17, 15) is 9.90 Å². The quantitative estimate of drug-likeness (QED) is 0.777. The maximum absolute atomic E-state index is 11.4. The molecule has 0 amide bonds. The molecule has 0 radical (unpaired) electrons. The molecular weight excluding hydrogens is 214 g/mol. The highest BCUT2D eigenvalue weighted by molar-refractivity contribution is 5.80. The second kappa shape index (κ2) is 5.03. The first-order chi connectivity index (χ1) is 7.91. The second-order valence-electron chi connectivity index (χ2n) is 4.29. The predicted octanol–water partition coefficient (Wildman–Crippen LogP) is 1.83. The third kappa shape index (κ3) is 2.66. The first kappa shape index (κ1) is 13.3. The molecule has 0 aliphatic rings. The zero-order chi connectivity index (χ0) is 13.1. The van der Waals surface area contributed by atoms with Gasteiger partial charge in [0.05, 0.1) is 6.54 Å². The maximum atomic E-state index is 11.4. The van der Waals surface area contributed by atoms with E-state index in [1.54, 1.807) is 6.92 Å². The standard InChI is InChI=1S/C14H17NO2/c1-5-8-15-14(4,13(16)17)12-7-6-10(2)11(3)9-12/h1,6-7,9,15H,8H2,2-4H3,(H,16,17). The van der Waals surface area contributed by atoms with E-state index < -0.39 is 11.5 Å². The van der Waals surface area contributed by atoms with Crippen molar-refractivity contribution in [1.82, 2.24) is 5.32 Å². The lowest BCUT2D eigenvalue weighted by molar-refractivity contribution is -0.144. The zero-order valence-electron chi connectivity index (χ0n) is 10.4. The van der Waals surface area contributed by atoms with Crippen molar-refractivity contribution >= 4 is 5.97 Å². The van der Waals surface area contributed by atoms with Crippen LogP contribution in [0.1, 0.15) is 23.6 Å². The fourth-order valence-electron chi connectivity index (χ4n) is 1.58. The average Bonchev–Trinajstić information content (AvgIpc) is 2.29. The monoisotopic (exact) mass is 231 g/mol. The fraction of sp³-hybridized carbons (Fsp3) is 0.357. The van der Waals surface area contributed by atoms with Crippen molar-refractivity contribution < 1.29 is 9.90 Å². The molecule has 0 aliphatic carbocycles. The third-order valence-electron chi connectivity index (χ3n) is 3.06. The van der Waals surface area contributed by atoms with Gasteiger partial charge in [-0.1, -0.05) is 24.1 Å². The van der Waals surface area contributed by atoms with E-state index in [0.717, 1.165) is 11.1 Å². The summed E-state index contributed by atoms with van der Waals surface area (Å²) < 4.78 is 0. The Morgan fingerprint density at radius 1 is 1.47 bits per heavy atom. The number of benzene rings is 1. The predicted molar refractivity (Wildman–Crippen MR) is 67.7 cm³/mol. The summed E-state index contributed by atoms with van der Waals surface area (Å²) in [4.78, 5) is 11.4. The van der Waals surface area contributed by atoms with Crippen molar-refractivity contribution in [2.24, 2.45) is 0 Å². The molecule has 1 aromatic carbocycles. The van der Waals surface area contributed by atoms with Crippen LogP contribution in [0, 0.1) is 26.2 Å². The van der Waals surface area contributed by atoms with Crippen molar-refractivity contribution in [3.8, 4) is 12.3 Å². The molecule has 0 fully saturated rings. The Bertz CT molecular complexity index is 474.